The van der Waals surface area contributed by atoms with Gasteiger partial charge in [0.15, 0.2) is 12.4 Å². The van der Waals surface area contributed by atoms with Crippen LogP contribution in [0, 0.1) is 6.92 Å². The van der Waals surface area contributed by atoms with Gasteiger partial charge >= 0.3 is 5.97 Å². The second kappa shape index (κ2) is 11.3. The van der Waals surface area contributed by atoms with Crippen LogP contribution in [0.4, 0.5) is 5.00 Å². The number of hydrogen-bond donors (Lipinski definition) is 1. The molecule has 9 nitrogen and oxygen atoms in total. The van der Waals surface area contributed by atoms with Crippen molar-refractivity contribution in [3.63, 3.8) is 0 Å². The summed E-state index contributed by atoms with van der Waals surface area (Å²) in [5, 5.41) is 11.5. The fourth-order valence-electron chi connectivity index (χ4n) is 2.71. The predicted octanol–water partition coefficient (Wildman–Crippen LogP) is 4.78. The van der Waals surface area contributed by atoms with Crippen molar-refractivity contribution in [2.24, 2.45) is 0 Å². The van der Waals surface area contributed by atoms with Gasteiger partial charge in [0.05, 0.1) is 22.8 Å². The molecule has 0 aliphatic heterocycles. The van der Waals surface area contributed by atoms with Crippen molar-refractivity contribution in [2.75, 3.05) is 17.7 Å². The van der Waals surface area contributed by atoms with Crippen molar-refractivity contribution in [3.8, 4) is 5.75 Å². The van der Waals surface area contributed by atoms with E-state index in [-0.39, 0.29) is 46.4 Å². The molecule has 2 aromatic heterocycles. The van der Waals surface area contributed by atoms with Crippen LogP contribution < -0.4 is 10.1 Å². The zero-order valence-corrected chi connectivity index (χ0v) is 20.4. The van der Waals surface area contributed by atoms with E-state index in [0.29, 0.717) is 21.2 Å². The Hall–Kier alpha value is -2.89. The lowest BCUT2D eigenvalue weighted by atomic mass is 10.1. The van der Waals surface area contributed by atoms with E-state index in [1.165, 1.54) is 6.92 Å². The number of benzene rings is 1. The molecular weight excluding hydrogens is 490 g/mol. The second-order valence-electron chi connectivity index (χ2n) is 6.58. The largest absolute Gasteiger partial charge is 0.484 e. The highest BCUT2D eigenvalue weighted by molar-refractivity contribution is 7.99. The standard InChI is InChI=1S/C21H20ClN3O6S2/c1-4-29-20(28)17-11(2)18(12(3)26)33-19(17)23-15(27)10-32-21-25-24-16(31-21)9-30-14-7-5-13(22)6-8-14/h5-8H,4,9-10H2,1-3H3,(H,23,27). The van der Waals surface area contributed by atoms with Crippen molar-refractivity contribution in [2.45, 2.75) is 32.6 Å². The first kappa shape index (κ1) is 24.7. The Kier molecular flexibility index (Phi) is 8.48. The Bertz CT molecular complexity index is 1160. The third-order valence-electron chi connectivity index (χ3n) is 4.15. The molecule has 0 saturated heterocycles. The molecule has 0 aliphatic carbocycles. The van der Waals surface area contributed by atoms with E-state index in [1.54, 1.807) is 38.1 Å². The number of Topliss-reactive ketones (excluding diaryl/α,β-unsaturated/α-hetero) is 1. The lowest BCUT2D eigenvalue weighted by molar-refractivity contribution is -0.113. The number of halogens is 1. The van der Waals surface area contributed by atoms with Crippen molar-refractivity contribution in [3.05, 3.63) is 51.2 Å². The number of anilines is 1. The van der Waals surface area contributed by atoms with Gasteiger partial charge < -0.3 is 19.2 Å². The van der Waals surface area contributed by atoms with Gasteiger partial charge in [0.1, 0.15) is 10.8 Å². The Balaban J connectivity index is 1.58. The number of carbonyl (C=O) groups excluding carboxylic acids is 3. The third-order valence-corrected chi connectivity index (χ3v) is 6.53. The number of thioether (sulfide) groups is 1. The summed E-state index contributed by atoms with van der Waals surface area (Å²) in [5.41, 5.74) is 0.668. The van der Waals surface area contributed by atoms with Gasteiger partial charge in [-0.3, -0.25) is 9.59 Å². The zero-order valence-electron chi connectivity index (χ0n) is 18.0. The van der Waals surface area contributed by atoms with Crippen LogP contribution in [0.25, 0.3) is 0 Å². The SMILES string of the molecule is CCOC(=O)c1c(NC(=O)CSc2nnc(COc3ccc(Cl)cc3)o2)sc(C(C)=O)c1C. The maximum absolute atomic E-state index is 12.5. The smallest absolute Gasteiger partial charge is 0.341 e. The van der Waals surface area contributed by atoms with Crippen LogP contribution in [0.1, 0.15) is 45.3 Å². The first-order chi connectivity index (χ1) is 15.8. The first-order valence-electron chi connectivity index (χ1n) is 9.73. The fourth-order valence-corrected chi connectivity index (χ4v) is 4.52. The van der Waals surface area contributed by atoms with Crippen molar-refractivity contribution < 1.29 is 28.3 Å². The summed E-state index contributed by atoms with van der Waals surface area (Å²) < 4.78 is 16.1. The van der Waals surface area contributed by atoms with Crippen LogP contribution in [0.2, 0.25) is 5.02 Å². The molecule has 0 fully saturated rings. The second-order valence-corrected chi connectivity index (χ2v) is 8.96. The third kappa shape index (κ3) is 6.56. The minimum Gasteiger partial charge on any atom is -0.484 e. The predicted molar refractivity (Wildman–Crippen MR) is 124 cm³/mol. The lowest BCUT2D eigenvalue weighted by Gasteiger charge is -2.06. The minimum atomic E-state index is -0.594. The summed E-state index contributed by atoms with van der Waals surface area (Å²) in [7, 11) is 0. The Morgan fingerprint density at radius 3 is 2.61 bits per heavy atom. The molecule has 0 unspecified atom stereocenters. The fraction of sp³-hybridized carbons (Fsp3) is 0.286. The number of ether oxygens (including phenoxy) is 2. The average Bonchev–Trinajstić information content (AvgIpc) is 3.36. The van der Waals surface area contributed by atoms with Gasteiger partial charge in [-0.05, 0) is 50.6 Å². The van der Waals surface area contributed by atoms with Crippen LogP contribution in [-0.4, -0.2) is 40.2 Å². The minimum absolute atomic E-state index is 0.0473. The number of hydrogen-bond acceptors (Lipinski definition) is 10. The van der Waals surface area contributed by atoms with E-state index in [0.717, 1.165) is 23.1 Å². The highest BCUT2D eigenvalue weighted by Gasteiger charge is 2.25. The Morgan fingerprint density at radius 1 is 1.21 bits per heavy atom. The van der Waals surface area contributed by atoms with Crippen molar-refractivity contribution >= 4 is 57.4 Å². The van der Waals surface area contributed by atoms with Crippen LogP contribution in [0.5, 0.6) is 5.75 Å². The first-order valence-corrected chi connectivity index (χ1v) is 11.9. The number of esters is 1. The summed E-state index contributed by atoms with van der Waals surface area (Å²) in [4.78, 5) is 37.1. The van der Waals surface area contributed by atoms with E-state index in [2.05, 4.69) is 15.5 Å². The summed E-state index contributed by atoms with van der Waals surface area (Å²) in [5.74, 6) is -0.397. The molecule has 0 saturated carbocycles. The van der Waals surface area contributed by atoms with Crippen LogP contribution >= 0.6 is 34.7 Å². The average molecular weight is 510 g/mol. The number of nitrogens with one attached hydrogen (secondary N) is 1. The number of amides is 1. The molecule has 0 aliphatic rings. The molecule has 3 aromatic rings. The van der Waals surface area contributed by atoms with E-state index < -0.39 is 11.9 Å². The molecular formula is C21H20ClN3O6S2. The van der Waals surface area contributed by atoms with Gasteiger partial charge in [-0.25, -0.2) is 4.79 Å². The van der Waals surface area contributed by atoms with Gasteiger partial charge in [-0.2, -0.15) is 0 Å². The summed E-state index contributed by atoms with van der Waals surface area (Å²) >= 11 is 7.91. The topological polar surface area (TPSA) is 121 Å². The van der Waals surface area contributed by atoms with E-state index in [4.69, 9.17) is 25.5 Å². The van der Waals surface area contributed by atoms with Gasteiger partial charge in [0, 0.05) is 5.02 Å². The molecule has 0 radical (unpaired) electrons. The number of nitrogens with zero attached hydrogens (tertiary/aromatic N) is 2. The zero-order chi connectivity index (χ0) is 24.0. The molecule has 2 heterocycles. The number of carbonyl (C=O) groups is 3. The molecule has 0 bridgehead atoms. The highest BCUT2D eigenvalue weighted by Crippen LogP contribution is 2.34. The lowest BCUT2D eigenvalue weighted by Crippen LogP contribution is -2.16. The number of rotatable bonds is 10. The number of aromatic nitrogens is 2. The summed E-state index contributed by atoms with van der Waals surface area (Å²) in [6.45, 7) is 4.97. The normalized spacial score (nSPS) is 10.7. The van der Waals surface area contributed by atoms with E-state index in [9.17, 15) is 14.4 Å². The van der Waals surface area contributed by atoms with Crippen LogP contribution in [-0.2, 0) is 16.1 Å². The maximum Gasteiger partial charge on any atom is 0.341 e. The highest BCUT2D eigenvalue weighted by atomic mass is 35.5. The number of ketones is 1. The van der Waals surface area contributed by atoms with Gasteiger partial charge in [-0.15, -0.1) is 21.5 Å². The quantitative estimate of drug-likeness (QED) is 0.233. The van der Waals surface area contributed by atoms with Gasteiger partial charge in [-0.1, -0.05) is 23.4 Å². The Morgan fingerprint density at radius 2 is 1.94 bits per heavy atom. The summed E-state index contributed by atoms with van der Waals surface area (Å²) in [6, 6.07) is 6.83. The Labute approximate surface area is 202 Å². The van der Waals surface area contributed by atoms with Gasteiger partial charge in [0.2, 0.25) is 5.91 Å². The van der Waals surface area contributed by atoms with E-state index >= 15 is 0 Å². The van der Waals surface area contributed by atoms with Gasteiger partial charge in [0.25, 0.3) is 11.1 Å². The van der Waals surface area contributed by atoms with E-state index in [1.807, 2.05) is 0 Å². The molecule has 1 aromatic carbocycles. The molecule has 174 valence electrons. The molecule has 1 N–H and O–H groups in total. The molecule has 0 spiro atoms. The molecule has 0 atom stereocenters. The van der Waals surface area contributed by atoms with Crippen molar-refractivity contribution in [1.29, 1.82) is 0 Å². The molecule has 1 amide bonds. The van der Waals surface area contributed by atoms with Crippen molar-refractivity contribution in [1.82, 2.24) is 10.2 Å². The maximum atomic E-state index is 12.5. The molecule has 3 rings (SSSR count). The molecule has 12 heteroatoms. The van der Waals surface area contributed by atoms with Crippen LogP contribution in [0.15, 0.2) is 33.9 Å². The summed E-state index contributed by atoms with van der Waals surface area (Å²) in [6.07, 6.45) is 0. The van der Waals surface area contributed by atoms with Crippen LogP contribution in [0.3, 0.4) is 0 Å². The molecule has 33 heavy (non-hydrogen) atoms. The monoisotopic (exact) mass is 509 g/mol. The number of thiophene rings is 1.